The number of amides is 1. The Morgan fingerprint density at radius 1 is 1.00 bits per heavy atom. The highest BCUT2D eigenvalue weighted by atomic mass is 35.5. The lowest BCUT2D eigenvalue weighted by molar-refractivity contribution is -0.143. The van der Waals surface area contributed by atoms with Gasteiger partial charge in [0.15, 0.2) is 0 Å². The van der Waals surface area contributed by atoms with Crippen molar-refractivity contribution in [3.8, 4) is 0 Å². The van der Waals surface area contributed by atoms with Crippen molar-refractivity contribution >= 4 is 40.9 Å². The molecule has 0 spiro atoms. The van der Waals surface area contributed by atoms with Crippen LogP contribution in [-0.4, -0.2) is 28.8 Å². The van der Waals surface area contributed by atoms with Gasteiger partial charge in [-0.2, -0.15) is 0 Å². The Morgan fingerprint density at radius 3 is 2.11 bits per heavy atom. The fourth-order valence-electron chi connectivity index (χ4n) is 3.06. The highest BCUT2D eigenvalue weighted by molar-refractivity contribution is 6.42. The maximum Gasteiger partial charge on any atom is 0.326 e. The van der Waals surface area contributed by atoms with E-state index in [9.17, 15) is 19.5 Å². The van der Waals surface area contributed by atoms with E-state index in [1.807, 2.05) is 27.7 Å². The monoisotopic (exact) mass is 429 g/mol. The van der Waals surface area contributed by atoms with Gasteiger partial charge in [-0.05, 0) is 42.4 Å². The first-order chi connectivity index (χ1) is 13.0. The molecule has 0 saturated carbocycles. The molecule has 0 bridgehead atoms. The van der Waals surface area contributed by atoms with Crippen molar-refractivity contribution in [2.45, 2.75) is 59.4 Å². The average Bonchev–Trinajstić information content (AvgIpc) is 2.56. The number of carboxylic acids is 1. The Balaban J connectivity index is 2.82. The van der Waals surface area contributed by atoms with Crippen molar-refractivity contribution in [2.75, 3.05) is 0 Å². The van der Waals surface area contributed by atoms with Gasteiger partial charge in [-0.3, -0.25) is 9.59 Å². The van der Waals surface area contributed by atoms with Crippen LogP contribution in [0, 0.1) is 17.8 Å². The Bertz CT molecular complexity index is 704. The number of ketones is 1. The van der Waals surface area contributed by atoms with Gasteiger partial charge in [0.05, 0.1) is 10.0 Å². The van der Waals surface area contributed by atoms with Crippen LogP contribution in [-0.2, 0) is 20.8 Å². The molecule has 0 fully saturated rings. The lowest BCUT2D eigenvalue weighted by atomic mass is 9.89. The molecule has 2 unspecified atom stereocenters. The molecule has 2 N–H and O–H groups in total. The number of hydrogen-bond donors (Lipinski definition) is 2. The smallest absolute Gasteiger partial charge is 0.326 e. The van der Waals surface area contributed by atoms with Gasteiger partial charge >= 0.3 is 5.97 Å². The third-order valence-electron chi connectivity index (χ3n) is 4.31. The van der Waals surface area contributed by atoms with E-state index in [0.29, 0.717) is 22.9 Å². The summed E-state index contributed by atoms with van der Waals surface area (Å²) >= 11 is 11.9. The number of aliphatic carboxylic acids is 1. The molecule has 0 aliphatic carbocycles. The summed E-state index contributed by atoms with van der Waals surface area (Å²) in [5, 5.41) is 12.8. The number of hydrogen-bond acceptors (Lipinski definition) is 3. The highest BCUT2D eigenvalue weighted by Crippen LogP contribution is 2.24. The fraction of sp³-hybridized carbons (Fsp3) is 0.571. The van der Waals surface area contributed by atoms with Crippen LogP contribution in [0.3, 0.4) is 0 Å². The van der Waals surface area contributed by atoms with E-state index < -0.39 is 17.9 Å². The van der Waals surface area contributed by atoms with E-state index in [1.54, 1.807) is 18.2 Å². The molecule has 0 aromatic heterocycles. The van der Waals surface area contributed by atoms with Gasteiger partial charge in [-0.25, -0.2) is 4.79 Å². The summed E-state index contributed by atoms with van der Waals surface area (Å²) in [6, 6.07) is 4.05. The third kappa shape index (κ3) is 8.61. The number of carbonyl (C=O) groups excluding carboxylic acids is 2. The zero-order valence-corrected chi connectivity index (χ0v) is 18.3. The summed E-state index contributed by atoms with van der Waals surface area (Å²) in [6.07, 6.45) is 1.05. The zero-order chi connectivity index (χ0) is 21.4. The fourth-order valence-corrected chi connectivity index (χ4v) is 3.38. The van der Waals surface area contributed by atoms with Gasteiger partial charge in [0.2, 0.25) is 5.91 Å². The lowest BCUT2D eigenvalue weighted by Gasteiger charge is -2.22. The van der Waals surface area contributed by atoms with Crippen molar-refractivity contribution in [2.24, 2.45) is 17.8 Å². The molecule has 1 rings (SSSR count). The Kier molecular flexibility index (Phi) is 9.97. The maximum atomic E-state index is 12.7. The third-order valence-corrected chi connectivity index (χ3v) is 5.05. The van der Waals surface area contributed by atoms with Crippen LogP contribution >= 0.6 is 23.2 Å². The van der Waals surface area contributed by atoms with Crippen molar-refractivity contribution in [3.05, 3.63) is 33.8 Å². The van der Waals surface area contributed by atoms with Gasteiger partial charge in [-0.15, -0.1) is 0 Å². The molecule has 2 atom stereocenters. The van der Waals surface area contributed by atoms with Crippen LogP contribution in [0.1, 0.15) is 52.5 Å². The first-order valence-electron chi connectivity index (χ1n) is 9.48. The summed E-state index contributed by atoms with van der Waals surface area (Å²) in [5.41, 5.74) is 0.728. The van der Waals surface area contributed by atoms with Gasteiger partial charge in [-0.1, -0.05) is 57.0 Å². The predicted octanol–water partition coefficient (Wildman–Crippen LogP) is 4.77. The minimum absolute atomic E-state index is 0.0538. The Hall–Kier alpha value is -1.59. The molecule has 0 heterocycles. The quantitative estimate of drug-likeness (QED) is 0.530. The van der Waals surface area contributed by atoms with Crippen molar-refractivity contribution < 1.29 is 19.5 Å². The number of halogens is 2. The van der Waals surface area contributed by atoms with Gasteiger partial charge in [0.1, 0.15) is 11.8 Å². The summed E-state index contributed by atoms with van der Waals surface area (Å²) in [5.74, 6) is -1.79. The maximum absolute atomic E-state index is 12.7. The number of rotatable bonds is 11. The van der Waals surface area contributed by atoms with E-state index in [0.717, 1.165) is 5.56 Å². The Labute approximate surface area is 176 Å². The van der Waals surface area contributed by atoms with Crippen LogP contribution in [0.2, 0.25) is 10.0 Å². The standard InChI is InChI=1S/C21H29Cl2NO4/c1-12(2)7-15(20(26)24-19(21(27)28)8-13(3)4)11-16(25)9-14-5-6-17(22)18(23)10-14/h5-6,10,12-13,15,19H,7-9,11H2,1-4H3,(H,24,26)(H,27,28). The molecular weight excluding hydrogens is 401 g/mol. The van der Waals surface area contributed by atoms with E-state index in [-0.39, 0.29) is 36.4 Å². The first kappa shape index (κ1) is 24.4. The predicted molar refractivity (Wildman–Crippen MR) is 112 cm³/mol. The van der Waals surface area contributed by atoms with E-state index in [2.05, 4.69) is 5.32 Å². The molecule has 1 aromatic carbocycles. The number of Topliss-reactive ketones (excluding diaryl/α,β-unsaturated/α-hetero) is 1. The van der Waals surface area contributed by atoms with Crippen molar-refractivity contribution in [1.82, 2.24) is 5.32 Å². The number of carboxylic acid groups (broad SMARTS) is 1. The second-order valence-corrected chi connectivity index (χ2v) is 8.84. The molecule has 0 aliphatic heterocycles. The number of carbonyl (C=O) groups is 3. The van der Waals surface area contributed by atoms with Crippen LogP contribution in [0.15, 0.2) is 18.2 Å². The first-order valence-corrected chi connectivity index (χ1v) is 10.2. The molecule has 1 aromatic rings. The second kappa shape index (κ2) is 11.4. The van der Waals surface area contributed by atoms with Crippen molar-refractivity contribution in [3.63, 3.8) is 0 Å². The summed E-state index contributed by atoms with van der Waals surface area (Å²) < 4.78 is 0. The topological polar surface area (TPSA) is 83.5 Å². The molecule has 7 heteroatoms. The molecule has 28 heavy (non-hydrogen) atoms. The van der Waals surface area contributed by atoms with Gasteiger partial charge in [0, 0.05) is 18.8 Å². The summed E-state index contributed by atoms with van der Waals surface area (Å²) in [6.45, 7) is 7.72. The number of benzene rings is 1. The van der Waals surface area contributed by atoms with Crippen LogP contribution in [0.4, 0.5) is 0 Å². The molecule has 5 nitrogen and oxygen atoms in total. The molecular formula is C21H29Cl2NO4. The van der Waals surface area contributed by atoms with Gasteiger partial charge in [0.25, 0.3) is 0 Å². The minimum atomic E-state index is -1.06. The van der Waals surface area contributed by atoms with E-state index in [1.165, 1.54) is 0 Å². The molecule has 0 saturated heterocycles. The van der Waals surface area contributed by atoms with Crippen LogP contribution in [0.5, 0.6) is 0 Å². The SMILES string of the molecule is CC(C)CC(CC(=O)Cc1ccc(Cl)c(Cl)c1)C(=O)NC(CC(C)C)C(=O)O. The largest absolute Gasteiger partial charge is 0.480 e. The minimum Gasteiger partial charge on any atom is -0.480 e. The van der Waals surface area contributed by atoms with Crippen LogP contribution < -0.4 is 5.32 Å². The normalized spacial score (nSPS) is 13.4. The second-order valence-electron chi connectivity index (χ2n) is 8.02. The number of nitrogens with one attached hydrogen (secondary N) is 1. The Morgan fingerprint density at radius 2 is 1.61 bits per heavy atom. The average molecular weight is 430 g/mol. The zero-order valence-electron chi connectivity index (χ0n) is 16.8. The highest BCUT2D eigenvalue weighted by Gasteiger charge is 2.28. The lowest BCUT2D eigenvalue weighted by Crippen LogP contribution is -2.45. The molecule has 1 amide bonds. The van der Waals surface area contributed by atoms with E-state index >= 15 is 0 Å². The van der Waals surface area contributed by atoms with Crippen molar-refractivity contribution in [1.29, 1.82) is 0 Å². The molecule has 156 valence electrons. The summed E-state index contributed by atoms with van der Waals surface area (Å²) in [7, 11) is 0. The molecule has 0 radical (unpaired) electrons. The van der Waals surface area contributed by atoms with Crippen LogP contribution in [0.25, 0.3) is 0 Å². The van der Waals surface area contributed by atoms with Gasteiger partial charge < -0.3 is 10.4 Å². The molecule has 0 aliphatic rings. The van der Waals surface area contributed by atoms with E-state index in [4.69, 9.17) is 23.2 Å². The summed E-state index contributed by atoms with van der Waals surface area (Å²) in [4.78, 5) is 36.7.